The van der Waals surface area contributed by atoms with Crippen LogP contribution < -0.4 is 0 Å². The third-order valence-corrected chi connectivity index (χ3v) is 12.0. The highest BCUT2D eigenvalue weighted by Gasteiger charge is 2.17. The lowest BCUT2D eigenvalue weighted by molar-refractivity contribution is -0.163. The van der Waals surface area contributed by atoms with Crippen molar-refractivity contribution in [3.8, 4) is 0 Å². The molecule has 0 saturated heterocycles. The van der Waals surface area contributed by atoms with Crippen LogP contribution in [0.1, 0.15) is 278 Å². The zero-order valence-electron chi connectivity index (χ0n) is 42.8. The van der Waals surface area contributed by atoms with Crippen molar-refractivity contribution in [2.45, 2.75) is 284 Å². The number of allylic oxidation sites excluding steroid dienone is 10. The summed E-state index contributed by atoms with van der Waals surface area (Å²) in [6, 6.07) is 0. The molecule has 0 aromatic heterocycles. The predicted molar refractivity (Wildman–Crippen MR) is 279 cm³/mol. The summed E-state index contributed by atoms with van der Waals surface area (Å²) in [5.41, 5.74) is 0. The van der Waals surface area contributed by atoms with E-state index in [2.05, 4.69) is 81.5 Å². The molecule has 0 bridgehead atoms. The first-order valence-electron chi connectivity index (χ1n) is 27.8. The first-order chi connectivity index (χ1) is 31.6. The van der Waals surface area contributed by atoms with Crippen LogP contribution in [0.25, 0.3) is 0 Å². The summed E-state index contributed by atoms with van der Waals surface area (Å²) in [6.45, 7) is 7.70. The molecule has 0 heterocycles. The van der Waals surface area contributed by atoms with Gasteiger partial charge in [0, 0.05) is 19.4 Å². The molecule has 0 N–H and O–H groups in total. The minimum Gasteiger partial charge on any atom is -0.462 e. The zero-order chi connectivity index (χ0) is 46.3. The molecular formula is C59H106O5. The van der Waals surface area contributed by atoms with Crippen LogP contribution in [0.2, 0.25) is 0 Å². The summed E-state index contributed by atoms with van der Waals surface area (Å²) < 4.78 is 17.5. The molecule has 5 heteroatoms. The molecule has 372 valence electrons. The van der Waals surface area contributed by atoms with Gasteiger partial charge in [0.15, 0.2) is 6.10 Å². The largest absolute Gasteiger partial charge is 0.462 e. The van der Waals surface area contributed by atoms with Crippen molar-refractivity contribution < 1.29 is 23.8 Å². The van der Waals surface area contributed by atoms with E-state index in [1.54, 1.807) is 0 Å². The third kappa shape index (κ3) is 52.2. The van der Waals surface area contributed by atoms with Gasteiger partial charge in [0.05, 0.1) is 6.61 Å². The van der Waals surface area contributed by atoms with E-state index in [-0.39, 0.29) is 25.2 Å². The van der Waals surface area contributed by atoms with E-state index < -0.39 is 6.10 Å². The summed E-state index contributed by atoms with van der Waals surface area (Å²) in [5, 5.41) is 0. The number of hydrogen-bond donors (Lipinski definition) is 0. The van der Waals surface area contributed by atoms with E-state index in [4.69, 9.17) is 14.2 Å². The number of carbonyl (C=O) groups excluding carboxylic acids is 2. The summed E-state index contributed by atoms with van der Waals surface area (Å²) in [4.78, 5) is 25.5. The fourth-order valence-electron chi connectivity index (χ4n) is 7.91. The van der Waals surface area contributed by atoms with Crippen LogP contribution in [0.15, 0.2) is 60.8 Å². The minimum atomic E-state index is -0.545. The zero-order valence-corrected chi connectivity index (χ0v) is 42.8. The molecule has 0 aromatic rings. The average molecular weight is 895 g/mol. The normalized spacial score (nSPS) is 12.6. The fourth-order valence-corrected chi connectivity index (χ4v) is 7.91. The van der Waals surface area contributed by atoms with Gasteiger partial charge in [-0.25, -0.2) is 0 Å². The molecule has 1 unspecified atom stereocenters. The molecule has 0 radical (unpaired) electrons. The highest BCUT2D eigenvalue weighted by molar-refractivity contribution is 5.70. The van der Waals surface area contributed by atoms with Crippen molar-refractivity contribution in [2.75, 3.05) is 19.8 Å². The number of ether oxygens (including phenoxy) is 3. The van der Waals surface area contributed by atoms with Crippen LogP contribution in [0.5, 0.6) is 0 Å². The molecule has 0 aliphatic rings. The van der Waals surface area contributed by atoms with E-state index in [0.29, 0.717) is 19.4 Å². The van der Waals surface area contributed by atoms with Crippen molar-refractivity contribution in [3.63, 3.8) is 0 Å². The Morgan fingerprint density at radius 2 is 0.703 bits per heavy atom. The molecule has 0 aliphatic heterocycles. The summed E-state index contributed by atoms with van der Waals surface area (Å²) >= 11 is 0. The van der Waals surface area contributed by atoms with Gasteiger partial charge in [-0.3, -0.25) is 9.59 Å². The average Bonchev–Trinajstić information content (AvgIpc) is 3.30. The minimum absolute atomic E-state index is 0.0775. The van der Waals surface area contributed by atoms with Crippen molar-refractivity contribution in [2.24, 2.45) is 0 Å². The van der Waals surface area contributed by atoms with E-state index >= 15 is 0 Å². The number of hydrogen-bond acceptors (Lipinski definition) is 5. The lowest BCUT2D eigenvalue weighted by Crippen LogP contribution is -2.30. The molecule has 1 atom stereocenters. The van der Waals surface area contributed by atoms with Crippen molar-refractivity contribution in [3.05, 3.63) is 60.8 Å². The Morgan fingerprint density at radius 1 is 0.359 bits per heavy atom. The second-order valence-corrected chi connectivity index (χ2v) is 18.5. The maximum Gasteiger partial charge on any atom is 0.306 e. The first kappa shape index (κ1) is 61.6. The van der Waals surface area contributed by atoms with Gasteiger partial charge in [0.1, 0.15) is 6.61 Å². The summed E-state index contributed by atoms with van der Waals surface area (Å²) in [6.07, 6.45) is 69.4. The number of esters is 2. The highest BCUT2D eigenvalue weighted by Crippen LogP contribution is 2.16. The maximum absolute atomic E-state index is 12.8. The molecule has 5 nitrogen and oxygen atoms in total. The number of carbonyl (C=O) groups is 2. The van der Waals surface area contributed by atoms with Gasteiger partial charge >= 0.3 is 11.9 Å². The topological polar surface area (TPSA) is 61.8 Å². The van der Waals surface area contributed by atoms with Crippen LogP contribution in [0.4, 0.5) is 0 Å². The Balaban J connectivity index is 4.28. The molecular weight excluding hydrogens is 789 g/mol. The van der Waals surface area contributed by atoms with Crippen LogP contribution in [0, 0.1) is 0 Å². The second kappa shape index (κ2) is 54.9. The Labute approximate surface area is 398 Å². The smallest absolute Gasteiger partial charge is 0.306 e. The van der Waals surface area contributed by atoms with E-state index in [1.165, 1.54) is 167 Å². The molecule has 0 saturated carbocycles. The predicted octanol–water partition coefficient (Wildman–Crippen LogP) is 18.9. The molecule has 0 fully saturated rings. The SMILES string of the molecule is CC/C=C\C/C=C\C/C=C\CCCCCCCCCC(=O)OCC(COCCCCCCCC/C=C\C/C=C\CCCCC)OC(=O)CCCCCCCCCCCCCCCCC. The molecule has 0 aliphatic carbocycles. The van der Waals surface area contributed by atoms with Gasteiger partial charge in [0.2, 0.25) is 0 Å². The molecule has 0 spiro atoms. The van der Waals surface area contributed by atoms with Crippen molar-refractivity contribution in [1.82, 2.24) is 0 Å². The highest BCUT2D eigenvalue weighted by atomic mass is 16.6. The lowest BCUT2D eigenvalue weighted by Gasteiger charge is -2.18. The van der Waals surface area contributed by atoms with Crippen molar-refractivity contribution in [1.29, 1.82) is 0 Å². The van der Waals surface area contributed by atoms with Gasteiger partial charge in [-0.2, -0.15) is 0 Å². The Kier molecular flexibility index (Phi) is 52.9. The van der Waals surface area contributed by atoms with Gasteiger partial charge in [0.25, 0.3) is 0 Å². The molecule has 0 aromatic carbocycles. The van der Waals surface area contributed by atoms with E-state index in [9.17, 15) is 9.59 Å². The third-order valence-electron chi connectivity index (χ3n) is 12.0. The second-order valence-electron chi connectivity index (χ2n) is 18.5. The van der Waals surface area contributed by atoms with Crippen LogP contribution in [0.3, 0.4) is 0 Å². The summed E-state index contributed by atoms with van der Waals surface area (Å²) in [5.74, 6) is -0.403. The first-order valence-corrected chi connectivity index (χ1v) is 27.8. The van der Waals surface area contributed by atoms with Crippen molar-refractivity contribution >= 4 is 11.9 Å². The number of unbranched alkanes of at least 4 members (excludes halogenated alkanes) is 30. The van der Waals surface area contributed by atoms with E-state index in [1.807, 2.05) is 0 Å². The lowest BCUT2D eigenvalue weighted by atomic mass is 10.0. The van der Waals surface area contributed by atoms with Gasteiger partial charge in [-0.15, -0.1) is 0 Å². The molecule has 64 heavy (non-hydrogen) atoms. The van der Waals surface area contributed by atoms with Gasteiger partial charge in [-0.1, -0.05) is 242 Å². The molecule has 0 amide bonds. The maximum atomic E-state index is 12.8. The summed E-state index contributed by atoms with van der Waals surface area (Å²) in [7, 11) is 0. The number of rotatable bonds is 51. The van der Waals surface area contributed by atoms with Gasteiger partial charge in [-0.05, 0) is 83.5 Å². The Hall–Kier alpha value is -2.40. The quantitative estimate of drug-likeness (QED) is 0.0346. The van der Waals surface area contributed by atoms with E-state index in [0.717, 1.165) is 77.0 Å². The van der Waals surface area contributed by atoms with Crippen LogP contribution in [-0.2, 0) is 23.8 Å². The standard InChI is InChI=1S/C59H106O5/c1-4-7-10-13-16-19-22-25-28-30-32-34-37-40-43-46-49-52-58(60)63-56-57(55-62-54-51-48-45-42-39-36-33-29-26-23-20-17-14-11-8-5-2)64-59(61)53-50-47-44-41-38-35-31-27-24-21-18-15-12-9-6-3/h7,10,16-17,19-20,25-26,28-29,57H,4-6,8-9,11-15,18,21-24,27,30-56H2,1-3H3/b10-7-,19-16-,20-17-,28-25-,29-26-. The van der Waals surface area contributed by atoms with Gasteiger partial charge < -0.3 is 14.2 Å². The van der Waals surface area contributed by atoms with Crippen LogP contribution >= 0.6 is 0 Å². The Morgan fingerprint density at radius 3 is 1.16 bits per heavy atom. The van der Waals surface area contributed by atoms with Crippen LogP contribution in [-0.4, -0.2) is 37.9 Å². The molecule has 0 rings (SSSR count). The monoisotopic (exact) mass is 895 g/mol. The Bertz CT molecular complexity index is 1100. The fraction of sp³-hybridized carbons (Fsp3) is 0.797.